The number of carbonyl (C=O) groups excluding carboxylic acids is 1. The Kier molecular flexibility index (Phi) is 5.32. The van der Waals surface area contributed by atoms with Gasteiger partial charge >= 0.3 is 0 Å². The number of nitrogens with zero attached hydrogens (tertiary/aromatic N) is 1. The van der Waals surface area contributed by atoms with Gasteiger partial charge in [0.1, 0.15) is 6.61 Å². The minimum Gasteiger partial charge on any atom is -0.394 e. The second kappa shape index (κ2) is 7.23. The maximum Gasteiger partial charge on any atom is 0.249 e. The molecule has 1 N–H and O–H groups in total. The lowest BCUT2D eigenvalue weighted by Crippen LogP contribution is -2.51. The number of amides is 1. The van der Waals surface area contributed by atoms with Crippen LogP contribution < -0.4 is 0 Å². The SMILES string of the molecule is O=C(COCc1ccccc1)N1CCOCC1CO. The molecule has 5 heteroatoms. The topological polar surface area (TPSA) is 59.0 Å². The summed E-state index contributed by atoms with van der Waals surface area (Å²) >= 11 is 0. The van der Waals surface area contributed by atoms with E-state index in [0.29, 0.717) is 26.4 Å². The van der Waals surface area contributed by atoms with E-state index in [2.05, 4.69) is 0 Å². The first kappa shape index (κ1) is 14.0. The second-order valence-corrected chi connectivity index (χ2v) is 4.48. The van der Waals surface area contributed by atoms with Crippen molar-refractivity contribution in [1.29, 1.82) is 0 Å². The highest BCUT2D eigenvalue weighted by atomic mass is 16.5. The summed E-state index contributed by atoms with van der Waals surface area (Å²) in [6.45, 7) is 1.79. The molecule has 1 fully saturated rings. The molecule has 1 unspecified atom stereocenters. The van der Waals surface area contributed by atoms with Crippen molar-refractivity contribution < 1.29 is 19.4 Å². The van der Waals surface area contributed by atoms with Crippen molar-refractivity contribution >= 4 is 5.91 Å². The molecule has 1 atom stereocenters. The fourth-order valence-corrected chi connectivity index (χ4v) is 2.05. The van der Waals surface area contributed by atoms with E-state index in [1.807, 2.05) is 30.3 Å². The number of aliphatic hydroxyl groups is 1. The van der Waals surface area contributed by atoms with Crippen LogP contribution in [0.25, 0.3) is 0 Å². The third-order valence-corrected chi connectivity index (χ3v) is 3.10. The van der Waals surface area contributed by atoms with Crippen molar-refractivity contribution in [2.75, 3.05) is 33.0 Å². The van der Waals surface area contributed by atoms with Crippen molar-refractivity contribution in [2.24, 2.45) is 0 Å². The summed E-state index contributed by atoms with van der Waals surface area (Å²) in [6, 6.07) is 9.47. The highest BCUT2D eigenvalue weighted by Crippen LogP contribution is 2.07. The number of benzene rings is 1. The first-order valence-electron chi connectivity index (χ1n) is 6.41. The van der Waals surface area contributed by atoms with Crippen LogP contribution in [0.1, 0.15) is 5.56 Å². The number of aliphatic hydroxyl groups excluding tert-OH is 1. The quantitative estimate of drug-likeness (QED) is 0.838. The molecule has 1 heterocycles. The van der Waals surface area contributed by atoms with E-state index in [-0.39, 0.29) is 25.2 Å². The molecular weight excluding hydrogens is 246 g/mol. The molecule has 5 nitrogen and oxygen atoms in total. The lowest BCUT2D eigenvalue weighted by atomic mass is 10.2. The summed E-state index contributed by atoms with van der Waals surface area (Å²) in [4.78, 5) is 13.6. The van der Waals surface area contributed by atoms with E-state index >= 15 is 0 Å². The molecule has 104 valence electrons. The number of morpholine rings is 1. The van der Waals surface area contributed by atoms with Crippen molar-refractivity contribution in [2.45, 2.75) is 12.6 Å². The molecular formula is C14H19NO4. The van der Waals surface area contributed by atoms with Gasteiger partial charge in [-0.3, -0.25) is 4.79 Å². The van der Waals surface area contributed by atoms with Gasteiger partial charge < -0.3 is 19.5 Å². The van der Waals surface area contributed by atoms with E-state index in [1.165, 1.54) is 0 Å². The number of ether oxygens (including phenoxy) is 2. The first-order chi connectivity index (χ1) is 9.31. The Morgan fingerprint density at radius 2 is 2.21 bits per heavy atom. The second-order valence-electron chi connectivity index (χ2n) is 4.48. The summed E-state index contributed by atoms with van der Waals surface area (Å²) < 4.78 is 10.6. The van der Waals surface area contributed by atoms with E-state index in [0.717, 1.165) is 5.56 Å². The summed E-state index contributed by atoms with van der Waals surface area (Å²) in [5.74, 6) is -0.0988. The number of rotatable bonds is 5. The largest absolute Gasteiger partial charge is 0.394 e. The van der Waals surface area contributed by atoms with Gasteiger partial charge in [0, 0.05) is 6.54 Å². The van der Waals surface area contributed by atoms with Gasteiger partial charge in [-0.15, -0.1) is 0 Å². The third kappa shape index (κ3) is 4.02. The van der Waals surface area contributed by atoms with Gasteiger partial charge in [-0.05, 0) is 5.56 Å². The van der Waals surface area contributed by atoms with Crippen LogP contribution in [-0.4, -0.2) is 54.9 Å². The van der Waals surface area contributed by atoms with E-state index in [4.69, 9.17) is 9.47 Å². The fourth-order valence-electron chi connectivity index (χ4n) is 2.05. The Morgan fingerprint density at radius 3 is 2.95 bits per heavy atom. The van der Waals surface area contributed by atoms with Gasteiger partial charge in [0.25, 0.3) is 0 Å². The maximum atomic E-state index is 12.0. The molecule has 1 amide bonds. The highest BCUT2D eigenvalue weighted by molar-refractivity contribution is 5.77. The summed E-state index contributed by atoms with van der Waals surface area (Å²) in [5, 5.41) is 9.20. The molecule has 1 aromatic carbocycles. The van der Waals surface area contributed by atoms with Crippen molar-refractivity contribution in [3.8, 4) is 0 Å². The monoisotopic (exact) mass is 265 g/mol. The van der Waals surface area contributed by atoms with E-state index in [9.17, 15) is 9.90 Å². The van der Waals surface area contributed by atoms with E-state index < -0.39 is 0 Å². The molecule has 0 saturated carbocycles. The van der Waals surface area contributed by atoms with E-state index in [1.54, 1.807) is 4.90 Å². The highest BCUT2D eigenvalue weighted by Gasteiger charge is 2.26. The zero-order valence-electron chi connectivity index (χ0n) is 10.8. The summed E-state index contributed by atoms with van der Waals surface area (Å²) in [5.41, 5.74) is 1.04. The Morgan fingerprint density at radius 1 is 1.42 bits per heavy atom. The van der Waals surface area contributed by atoms with Crippen LogP contribution in [0.5, 0.6) is 0 Å². The normalized spacial score (nSPS) is 19.4. The summed E-state index contributed by atoms with van der Waals surface area (Å²) in [7, 11) is 0. The standard InChI is InChI=1S/C14H19NO4/c16-8-13-10-18-7-6-15(13)14(17)11-19-9-12-4-2-1-3-5-12/h1-5,13,16H,6-11H2. The Bertz CT molecular complexity index is 396. The molecule has 1 saturated heterocycles. The molecule has 0 radical (unpaired) electrons. The number of hydrogen-bond donors (Lipinski definition) is 1. The average molecular weight is 265 g/mol. The molecule has 1 aliphatic heterocycles. The molecule has 1 aliphatic rings. The van der Waals surface area contributed by atoms with Crippen LogP contribution in [0, 0.1) is 0 Å². The Labute approximate surface area is 112 Å². The molecule has 0 aliphatic carbocycles. The minimum absolute atomic E-state index is 0.0331. The van der Waals surface area contributed by atoms with Crippen LogP contribution in [0.15, 0.2) is 30.3 Å². The lowest BCUT2D eigenvalue weighted by Gasteiger charge is -2.34. The molecule has 0 spiro atoms. The molecule has 19 heavy (non-hydrogen) atoms. The zero-order valence-corrected chi connectivity index (χ0v) is 10.8. The summed E-state index contributed by atoms with van der Waals surface area (Å²) in [6.07, 6.45) is 0. The van der Waals surface area contributed by atoms with Crippen LogP contribution in [0.3, 0.4) is 0 Å². The van der Waals surface area contributed by atoms with Crippen molar-refractivity contribution in [3.05, 3.63) is 35.9 Å². The van der Waals surface area contributed by atoms with Gasteiger partial charge in [0.2, 0.25) is 5.91 Å². The predicted octanol–water partition coefficient (Wildman–Crippen LogP) is 0.423. The maximum absolute atomic E-state index is 12.0. The van der Waals surface area contributed by atoms with Crippen molar-refractivity contribution in [3.63, 3.8) is 0 Å². The zero-order chi connectivity index (χ0) is 13.5. The smallest absolute Gasteiger partial charge is 0.249 e. The molecule has 0 bridgehead atoms. The third-order valence-electron chi connectivity index (χ3n) is 3.10. The average Bonchev–Trinajstić information content (AvgIpc) is 2.48. The Balaban J connectivity index is 1.77. The van der Waals surface area contributed by atoms with Gasteiger partial charge in [-0.1, -0.05) is 30.3 Å². The van der Waals surface area contributed by atoms with Crippen LogP contribution in [-0.2, 0) is 20.9 Å². The predicted molar refractivity (Wildman–Crippen MR) is 69.5 cm³/mol. The van der Waals surface area contributed by atoms with Gasteiger partial charge in [-0.25, -0.2) is 0 Å². The first-order valence-corrected chi connectivity index (χ1v) is 6.41. The van der Waals surface area contributed by atoms with Crippen LogP contribution in [0.4, 0.5) is 0 Å². The molecule has 1 aromatic rings. The minimum atomic E-state index is -0.249. The number of hydrogen-bond acceptors (Lipinski definition) is 4. The van der Waals surface area contributed by atoms with Crippen molar-refractivity contribution in [1.82, 2.24) is 4.90 Å². The van der Waals surface area contributed by atoms with Gasteiger partial charge in [0.05, 0.1) is 32.5 Å². The molecule has 2 rings (SSSR count). The molecule has 0 aromatic heterocycles. The van der Waals surface area contributed by atoms with Crippen LogP contribution >= 0.6 is 0 Å². The van der Waals surface area contributed by atoms with Gasteiger partial charge in [0.15, 0.2) is 0 Å². The lowest BCUT2D eigenvalue weighted by molar-refractivity contribution is -0.146. The van der Waals surface area contributed by atoms with Gasteiger partial charge in [-0.2, -0.15) is 0 Å². The number of carbonyl (C=O) groups is 1. The fraction of sp³-hybridized carbons (Fsp3) is 0.500. The van der Waals surface area contributed by atoms with Crippen LogP contribution in [0.2, 0.25) is 0 Å². The Hall–Kier alpha value is -1.43.